The van der Waals surface area contributed by atoms with Crippen LogP contribution in [-0.4, -0.2) is 72.0 Å². The van der Waals surface area contributed by atoms with Crippen molar-refractivity contribution >= 4 is 30.9 Å². The number of nitrogens with zero attached hydrogens (tertiary/aromatic N) is 5. The minimum Gasteiger partial charge on any atom is -0.444 e. The van der Waals surface area contributed by atoms with Gasteiger partial charge in [-0.1, -0.05) is 19.6 Å². The number of pyridine rings is 2. The van der Waals surface area contributed by atoms with Crippen LogP contribution in [0.5, 0.6) is 0 Å². The van der Waals surface area contributed by atoms with Crippen LogP contribution in [-0.2, 0) is 16.2 Å². The molecular formula is C29H42FN5O3Si. The summed E-state index contributed by atoms with van der Waals surface area (Å²) >= 11 is 0. The van der Waals surface area contributed by atoms with Gasteiger partial charge in [-0.2, -0.15) is 0 Å². The fourth-order valence-electron chi connectivity index (χ4n) is 4.80. The predicted octanol–water partition coefficient (Wildman–Crippen LogP) is 6.39. The molecule has 39 heavy (non-hydrogen) atoms. The second-order valence-corrected chi connectivity index (χ2v) is 18.2. The van der Waals surface area contributed by atoms with E-state index in [1.165, 1.54) is 12.3 Å². The van der Waals surface area contributed by atoms with Crippen LogP contribution >= 0.6 is 0 Å². The Morgan fingerprint density at radius 1 is 1.21 bits per heavy atom. The van der Waals surface area contributed by atoms with Crippen molar-refractivity contribution in [2.75, 3.05) is 31.6 Å². The summed E-state index contributed by atoms with van der Waals surface area (Å²) in [5, 5.41) is 0.950. The molecule has 0 aromatic carbocycles. The van der Waals surface area contributed by atoms with Crippen molar-refractivity contribution < 1.29 is 18.7 Å². The lowest BCUT2D eigenvalue weighted by Crippen LogP contribution is -2.49. The molecular weight excluding hydrogens is 513 g/mol. The minimum absolute atomic E-state index is 0.0104. The highest BCUT2D eigenvalue weighted by Crippen LogP contribution is 2.37. The van der Waals surface area contributed by atoms with Crippen LogP contribution in [0.25, 0.3) is 22.3 Å². The van der Waals surface area contributed by atoms with Crippen LogP contribution in [0.4, 0.5) is 14.9 Å². The topological polar surface area (TPSA) is 72.7 Å². The zero-order valence-corrected chi connectivity index (χ0v) is 25.3. The molecule has 0 unspecified atom stereocenters. The SMILES string of the molecule is CN(C(=O)OC(C)(C)C)[C@H]1CCCN(c2ccnc3c2c(-c2ccc(F)cn2)cn3COCC[Si](C)(C)C)C1. The van der Waals surface area contributed by atoms with E-state index in [0.717, 1.165) is 47.7 Å². The number of anilines is 1. The number of hydrogen-bond donors (Lipinski definition) is 0. The van der Waals surface area contributed by atoms with Gasteiger partial charge in [0, 0.05) is 52.8 Å². The smallest absolute Gasteiger partial charge is 0.410 e. The van der Waals surface area contributed by atoms with E-state index in [9.17, 15) is 9.18 Å². The van der Waals surface area contributed by atoms with E-state index in [4.69, 9.17) is 14.5 Å². The number of likely N-dealkylation sites (N-methyl/N-ethyl adjacent to an activating group) is 1. The number of rotatable bonds is 8. The van der Waals surface area contributed by atoms with Gasteiger partial charge in [0.15, 0.2) is 0 Å². The van der Waals surface area contributed by atoms with Crippen molar-refractivity contribution in [2.45, 2.75) is 77.7 Å². The average molecular weight is 556 g/mol. The van der Waals surface area contributed by atoms with Crippen LogP contribution in [0.1, 0.15) is 33.6 Å². The molecule has 0 N–H and O–H groups in total. The van der Waals surface area contributed by atoms with E-state index in [1.54, 1.807) is 11.0 Å². The molecule has 1 aliphatic heterocycles. The normalized spacial score (nSPS) is 16.5. The summed E-state index contributed by atoms with van der Waals surface area (Å²) in [4.78, 5) is 25.9. The number of halogens is 1. The van der Waals surface area contributed by atoms with Gasteiger partial charge in [0.1, 0.15) is 23.8 Å². The van der Waals surface area contributed by atoms with Crippen molar-refractivity contribution in [1.82, 2.24) is 19.4 Å². The van der Waals surface area contributed by atoms with Crippen molar-refractivity contribution in [3.05, 3.63) is 42.6 Å². The molecule has 0 spiro atoms. The molecule has 1 saturated heterocycles. The van der Waals surface area contributed by atoms with E-state index in [1.807, 2.05) is 50.8 Å². The summed E-state index contributed by atoms with van der Waals surface area (Å²) in [6, 6.07) is 6.24. The maximum Gasteiger partial charge on any atom is 0.410 e. The highest BCUT2D eigenvalue weighted by Gasteiger charge is 2.31. The van der Waals surface area contributed by atoms with Crippen LogP contribution in [0, 0.1) is 5.82 Å². The van der Waals surface area contributed by atoms with E-state index in [0.29, 0.717) is 25.6 Å². The Morgan fingerprint density at radius 3 is 2.64 bits per heavy atom. The number of carbonyl (C=O) groups is 1. The predicted molar refractivity (Wildman–Crippen MR) is 156 cm³/mol. The molecule has 4 heterocycles. The molecule has 1 aliphatic rings. The summed E-state index contributed by atoms with van der Waals surface area (Å²) in [5.74, 6) is -0.375. The number of amides is 1. The highest BCUT2D eigenvalue weighted by atomic mass is 28.3. The lowest BCUT2D eigenvalue weighted by atomic mass is 10.0. The molecule has 1 fully saturated rings. The third-order valence-corrected chi connectivity index (χ3v) is 8.64. The minimum atomic E-state index is -1.21. The van der Waals surface area contributed by atoms with Crippen molar-refractivity contribution in [1.29, 1.82) is 0 Å². The molecule has 0 saturated carbocycles. The molecule has 1 amide bonds. The Balaban J connectivity index is 1.66. The fraction of sp³-hybridized carbons (Fsp3) is 0.552. The standard InChI is InChI=1S/C29H42FN5O3Si/c1-29(2,3)38-28(36)33(4)22-9-8-14-34(18-22)25-12-13-31-27-26(25)23(24-11-10-21(30)17-32-24)19-35(27)20-37-15-16-39(5,6)7/h10-13,17,19,22H,8-9,14-16,18,20H2,1-7H3/t22-/m0/s1. The molecule has 0 aliphatic carbocycles. The van der Waals surface area contributed by atoms with Crippen LogP contribution < -0.4 is 4.90 Å². The molecule has 4 rings (SSSR count). The summed E-state index contributed by atoms with van der Waals surface area (Å²) in [6.07, 6.45) is 6.59. The third-order valence-electron chi connectivity index (χ3n) is 6.93. The van der Waals surface area contributed by atoms with Gasteiger partial charge in [0.05, 0.1) is 29.0 Å². The number of piperidine rings is 1. The quantitative estimate of drug-likeness (QED) is 0.237. The lowest BCUT2D eigenvalue weighted by molar-refractivity contribution is 0.0210. The summed E-state index contributed by atoms with van der Waals surface area (Å²) in [5.41, 5.74) is 2.82. The molecule has 3 aromatic heterocycles. The third kappa shape index (κ3) is 7.36. The Kier molecular flexibility index (Phi) is 8.65. The number of aromatic nitrogens is 3. The van der Waals surface area contributed by atoms with Crippen LogP contribution in [0.15, 0.2) is 36.8 Å². The Hall–Kier alpha value is -2.98. The number of hydrogen-bond acceptors (Lipinski definition) is 6. The van der Waals surface area contributed by atoms with Gasteiger partial charge in [0.2, 0.25) is 0 Å². The van der Waals surface area contributed by atoms with Gasteiger partial charge in [-0.25, -0.2) is 14.2 Å². The van der Waals surface area contributed by atoms with Crippen molar-refractivity contribution in [3.8, 4) is 11.3 Å². The van der Waals surface area contributed by atoms with E-state index < -0.39 is 13.7 Å². The first kappa shape index (κ1) is 29.0. The maximum absolute atomic E-state index is 13.7. The zero-order chi connectivity index (χ0) is 28.4. The van der Waals surface area contributed by atoms with Crippen LogP contribution in [0.3, 0.4) is 0 Å². The van der Waals surface area contributed by atoms with Gasteiger partial charge in [-0.05, 0) is 57.9 Å². The highest BCUT2D eigenvalue weighted by molar-refractivity contribution is 6.76. The first-order chi connectivity index (χ1) is 18.3. The van der Waals surface area contributed by atoms with Crippen molar-refractivity contribution in [2.24, 2.45) is 0 Å². The molecule has 1 atom stereocenters. The van der Waals surface area contributed by atoms with Gasteiger partial charge in [0.25, 0.3) is 0 Å². The van der Waals surface area contributed by atoms with Crippen LogP contribution in [0.2, 0.25) is 25.7 Å². The summed E-state index contributed by atoms with van der Waals surface area (Å²) in [7, 11) is 0.602. The average Bonchev–Trinajstić information content (AvgIpc) is 3.24. The first-order valence-corrected chi connectivity index (χ1v) is 17.4. The molecule has 3 aromatic rings. The van der Waals surface area contributed by atoms with Gasteiger partial charge >= 0.3 is 6.09 Å². The van der Waals surface area contributed by atoms with Gasteiger partial charge < -0.3 is 23.8 Å². The van der Waals surface area contributed by atoms with E-state index in [2.05, 4.69) is 29.5 Å². The fourth-order valence-corrected chi connectivity index (χ4v) is 5.56. The number of fused-ring (bicyclic) bond motifs is 1. The molecule has 0 bridgehead atoms. The maximum atomic E-state index is 13.7. The zero-order valence-electron chi connectivity index (χ0n) is 24.3. The summed E-state index contributed by atoms with van der Waals surface area (Å²) < 4.78 is 27.4. The first-order valence-electron chi connectivity index (χ1n) is 13.7. The number of carbonyl (C=O) groups excluding carboxylic acids is 1. The largest absolute Gasteiger partial charge is 0.444 e. The van der Waals surface area contributed by atoms with Gasteiger partial charge in [-0.3, -0.25) is 4.98 Å². The molecule has 10 heteroatoms. The second-order valence-electron chi connectivity index (χ2n) is 12.6. The summed E-state index contributed by atoms with van der Waals surface area (Å²) in [6.45, 7) is 15.2. The monoisotopic (exact) mass is 555 g/mol. The Labute approximate surface area is 232 Å². The van der Waals surface area contributed by atoms with Gasteiger partial charge in [-0.15, -0.1) is 0 Å². The van der Waals surface area contributed by atoms with E-state index >= 15 is 0 Å². The molecule has 0 radical (unpaired) electrons. The number of ether oxygens (including phenoxy) is 2. The molecule has 8 nitrogen and oxygen atoms in total. The Morgan fingerprint density at radius 2 is 1.97 bits per heavy atom. The molecule has 212 valence electrons. The van der Waals surface area contributed by atoms with E-state index in [-0.39, 0.29) is 18.0 Å². The lowest BCUT2D eigenvalue weighted by Gasteiger charge is -2.39. The Bertz CT molecular complexity index is 1280. The van der Waals surface area contributed by atoms with Crippen molar-refractivity contribution in [3.63, 3.8) is 0 Å². The second kappa shape index (κ2) is 11.6.